The second-order valence-corrected chi connectivity index (χ2v) is 9.70. The van der Waals surface area contributed by atoms with Crippen molar-refractivity contribution in [2.24, 2.45) is 5.92 Å². The summed E-state index contributed by atoms with van der Waals surface area (Å²) in [5.41, 5.74) is 0.771. The Bertz CT molecular complexity index is 963. The molecule has 7 heteroatoms. The summed E-state index contributed by atoms with van der Waals surface area (Å²) < 4.78 is 41.4. The van der Waals surface area contributed by atoms with Crippen molar-refractivity contribution in [2.75, 3.05) is 0 Å². The number of rotatable bonds is 5. The van der Waals surface area contributed by atoms with Crippen LogP contribution in [-0.2, 0) is 21.4 Å². The maximum Gasteiger partial charge on any atom is 0.244 e. The number of fused-ring (bicyclic) bond motifs is 1. The van der Waals surface area contributed by atoms with E-state index in [1.54, 1.807) is 42.5 Å². The van der Waals surface area contributed by atoms with Crippen LogP contribution in [-0.4, -0.2) is 30.7 Å². The zero-order valence-electron chi connectivity index (χ0n) is 16.1. The molecule has 1 saturated carbocycles. The molecule has 5 nitrogen and oxygen atoms in total. The highest BCUT2D eigenvalue weighted by Crippen LogP contribution is 2.42. The second-order valence-electron chi connectivity index (χ2n) is 7.86. The van der Waals surface area contributed by atoms with Crippen molar-refractivity contribution in [1.29, 1.82) is 0 Å². The van der Waals surface area contributed by atoms with Gasteiger partial charge in [0, 0.05) is 12.6 Å². The SMILES string of the molecule is O=C(NCc1ccc(F)cc1)[C@@H]1C[C@H]2CCCC[C@H]2N1S(=O)(=O)c1ccccc1. The first-order valence-electron chi connectivity index (χ1n) is 10.1. The Balaban J connectivity index is 1.58. The van der Waals surface area contributed by atoms with E-state index in [0.29, 0.717) is 6.42 Å². The summed E-state index contributed by atoms with van der Waals surface area (Å²) in [7, 11) is -3.77. The van der Waals surface area contributed by atoms with E-state index < -0.39 is 16.1 Å². The average molecular weight is 417 g/mol. The second kappa shape index (κ2) is 8.24. The van der Waals surface area contributed by atoms with Gasteiger partial charge in [-0.25, -0.2) is 12.8 Å². The molecule has 0 unspecified atom stereocenters. The number of benzene rings is 2. The maximum absolute atomic E-state index is 13.4. The predicted octanol–water partition coefficient (Wildman–Crippen LogP) is 3.46. The highest BCUT2D eigenvalue weighted by molar-refractivity contribution is 7.89. The Morgan fingerprint density at radius 3 is 2.45 bits per heavy atom. The number of nitrogens with one attached hydrogen (secondary N) is 1. The van der Waals surface area contributed by atoms with Gasteiger partial charge in [-0.1, -0.05) is 43.2 Å². The van der Waals surface area contributed by atoms with Crippen LogP contribution in [0.1, 0.15) is 37.7 Å². The highest BCUT2D eigenvalue weighted by atomic mass is 32.2. The molecule has 2 aromatic carbocycles. The molecule has 0 spiro atoms. The van der Waals surface area contributed by atoms with Crippen LogP contribution in [0.15, 0.2) is 59.5 Å². The van der Waals surface area contributed by atoms with Crippen LogP contribution >= 0.6 is 0 Å². The van der Waals surface area contributed by atoms with Crippen LogP contribution in [0, 0.1) is 11.7 Å². The topological polar surface area (TPSA) is 66.5 Å². The molecule has 1 aliphatic heterocycles. The van der Waals surface area contributed by atoms with E-state index in [4.69, 9.17) is 0 Å². The third-order valence-electron chi connectivity index (χ3n) is 6.03. The smallest absolute Gasteiger partial charge is 0.244 e. The summed E-state index contributed by atoms with van der Waals surface area (Å²) in [6, 6.07) is 13.4. The summed E-state index contributed by atoms with van der Waals surface area (Å²) >= 11 is 0. The first-order valence-corrected chi connectivity index (χ1v) is 11.5. The number of sulfonamides is 1. The summed E-state index contributed by atoms with van der Waals surface area (Å²) in [5, 5.41) is 2.86. The van der Waals surface area contributed by atoms with Crippen molar-refractivity contribution in [3.63, 3.8) is 0 Å². The number of nitrogens with zero attached hydrogens (tertiary/aromatic N) is 1. The fourth-order valence-corrected chi connectivity index (χ4v) is 6.51. The standard InChI is InChI=1S/C22H25FN2O3S/c23-18-12-10-16(11-13-18)15-24-22(26)21-14-17-6-4-5-9-20(17)25(21)29(27,28)19-7-2-1-3-8-19/h1-3,7-8,10-13,17,20-21H,4-6,9,14-15H2,(H,24,26)/t17-,20-,21+/m1/s1. The zero-order valence-corrected chi connectivity index (χ0v) is 16.9. The molecule has 2 aliphatic rings. The predicted molar refractivity (Wildman–Crippen MR) is 108 cm³/mol. The van der Waals surface area contributed by atoms with Gasteiger partial charge < -0.3 is 5.32 Å². The molecule has 1 aliphatic carbocycles. The lowest BCUT2D eigenvalue weighted by atomic mass is 9.85. The molecule has 3 atom stereocenters. The molecule has 4 rings (SSSR count). The fourth-order valence-electron chi connectivity index (χ4n) is 4.61. The van der Waals surface area contributed by atoms with Crippen molar-refractivity contribution < 1.29 is 17.6 Å². The van der Waals surface area contributed by atoms with Gasteiger partial charge in [0.25, 0.3) is 0 Å². The molecular weight excluding hydrogens is 391 g/mol. The van der Waals surface area contributed by atoms with E-state index in [0.717, 1.165) is 31.2 Å². The van der Waals surface area contributed by atoms with E-state index >= 15 is 0 Å². The molecule has 1 amide bonds. The lowest BCUT2D eigenvalue weighted by molar-refractivity contribution is -0.124. The summed E-state index contributed by atoms with van der Waals surface area (Å²) in [5.74, 6) is -0.410. The summed E-state index contributed by atoms with van der Waals surface area (Å²) in [4.78, 5) is 13.3. The van der Waals surface area contributed by atoms with Gasteiger partial charge in [-0.15, -0.1) is 0 Å². The Labute approximate surface area is 171 Å². The largest absolute Gasteiger partial charge is 0.351 e. The van der Waals surface area contributed by atoms with Crippen molar-refractivity contribution in [3.05, 3.63) is 66.0 Å². The molecule has 1 heterocycles. The van der Waals surface area contributed by atoms with Crippen molar-refractivity contribution >= 4 is 15.9 Å². The van der Waals surface area contributed by atoms with Gasteiger partial charge in [0.2, 0.25) is 15.9 Å². The van der Waals surface area contributed by atoms with Crippen LogP contribution in [0.2, 0.25) is 0 Å². The molecule has 1 saturated heterocycles. The van der Waals surface area contributed by atoms with Crippen molar-refractivity contribution in [1.82, 2.24) is 9.62 Å². The van der Waals surface area contributed by atoms with Crippen LogP contribution < -0.4 is 5.32 Å². The molecule has 1 N–H and O–H groups in total. The molecule has 0 aromatic heterocycles. The van der Waals surface area contributed by atoms with Gasteiger partial charge in [-0.2, -0.15) is 4.31 Å². The fraction of sp³-hybridized carbons (Fsp3) is 0.409. The maximum atomic E-state index is 13.4. The molecule has 0 radical (unpaired) electrons. The summed E-state index contributed by atoms with van der Waals surface area (Å²) in [6.45, 7) is 0.240. The molecule has 2 fully saturated rings. The minimum absolute atomic E-state index is 0.129. The first kappa shape index (κ1) is 20.0. The molecular formula is C22H25FN2O3S. The molecule has 154 valence electrons. The van der Waals surface area contributed by atoms with E-state index in [1.165, 1.54) is 16.4 Å². The van der Waals surface area contributed by atoms with Crippen LogP contribution in [0.25, 0.3) is 0 Å². The number of carbonyl (C=O) groups is 1. The van der Waals surface area contributed by atoms with Crippen molar-refractivity contribution in [3.8, 4) is 0 Å². The van der Waals surface area contributed by atoms with E-state index in [-0.39, 0.29) is 35.1 Å². The molecule has 29 heavy (non-hydrogen) atoms. The zero-order chi connectivity index (χ0) is 20.4. The van der Waals surface area contributed by atoms with E-state index in [1.807, 2.05) is 0 Å². The molecule has 0 bridgehead atoms. The third-order valence-corrected chi connectivity index (χ3v) is 7.98. The number of carbonyl (C=O) groups excluding carboxylic acids is 1. The molecule has 2 aromatic rings. The van der Waals surface area contributed by atoms with Gasteiger partial charge in [0.1, 0.15) is 11.9 Å². The Hall–Kier alpha value is -2.25. The Morgan fingerprint density at radius 1 is 1.03 bits per heavy atom. The van der Waals surface area contributed by atoms with Crippen LogP contribution in [0.3, 0.4) is 0 Å². The average Bonchev–Trinajstić information content (AvgIpc) is 3.14. The van der Waals surface area contributed by atoms with Gasteiger partial charge in [-0.05, 0) is 55.0 Å². The highest BCUT2D eigenvalue weighted by Gasteiger charge is 2.50. The van der Waals surface area contributed by atoms with Crippen LogP contribution in [0.5, 0.6) is 0 Å². The lowest BCUT2D eigenvalue weighted by Crippen LogP contribution is -2.49. The number of hydrogen-bond acceptors (Lipinski definition) is 3. The third kappa shape index (κ3) is 4.07. The van der Waals surface area contributed by atoms with E-state index in [9.17, 15) is 17.6 Å². The van der Waals surface area contributed by atoms with Gasteiger partial charge in [0.15, 0.2) is 0 Å². The van der Waals surface area contributed by atoms with Crippen molar-refractivity contribution in [2.45, 2.75) is 55.6 Å². The Kier molecular flexibility index (Phi) is 5.69. The first-order chi connectivity index (χ1) is 14.0. The monoisotopic (exact) mass is 416 g/mol. The minimum Gasteiger partial charge on any atom is -0.351 e. The minimum atomic E-state index is -3.77. The normalized spacial score (nSPS) is 24.8. The number of hydrogen-bond donors (Lipinski definition) is 1. The Morgan fingerprint density at radius 2 is 1.72 bits per heavy atom. The van der Waals surface area contributed by atoms with E-state index in [2.05, 4.69) is 5.32 Å². The lowest BCUT2D eigenvalue weighted by Gasteiger charge is -2.32. The number of halogens is 1. The van der Waals surface area contributed by atoms with Gasteiger partial charge >= 0.3 is 0 Å². The quantitative estimate of drug-likeness (QED) is 0.812. The van der Waals surface area contributed by atoms with Gasteiger partial charge in [0.05, 0.1) is 4.90 Å². The van der Waals surface area contributed by atoms with Gasteiger partial charge in [-0.3, -0.25) is 4.79 Å². The summed E-state index contributed by atoms with van der Waals surface area (Å²) in [6.07, 6.45) is 4.34. The number of amides is 1. The van der Waals surface area contributed by atoms with Crippen LogP contribution in [0.4, 0.5) is 4.39 Å².